The first-order valence-electron chi connectivity index (χ1n) is 25.1. The second kappa shape index (κ2) is 37.5. The van der Waals surface area contributed by atoms with E-state index >= 15 is 0 Å². The Morgan fingerprint density at radius 2 is 0.820 bits per heavy atom. The molecule has 8 atom stereocenters. The molecule has 0 aromatic carbocycles. The third-order valence-corrected chi connectivity index (χ3v) is 13.5. The molecule has 0 heterocycles. The lowest BCUT2D eigenvalue weighted by Crippen LogP contribution is -2.64. The minimum atomic E-state index is -5.11. The van der Waals surface area contributed by atoms with Gasteiger partial charge in [0.05, 0.1) is 31.3 Å². The number of hydrogen-bond acceptors (Lipinski definition) is 11. The Bertz CT molecular complexity index is 1060. The highest BCUT2D eigenvalue weighted by Crippen LogP contribution is 2.47. The first-order chi connectivity index (χ1) is 29.3. The van der Waals surface area contributed by atoms with Crippen LogP contribution in [-0.2, 0) is 18.4 Å². The Balaban J connectivity index is 2.40. The molecule has 0 aromatic heterocycles. The molecular formula is C47H94NO12P. The summed E-state index contributed by atoms with van der Waals surface area (Å²) in [6.07, 6.45) is 24.5. The zero-order valence-electron chi connectivity index (χ0n) is 38.6. The molecule has 61 heavy (non-hydrogen) atoms. The molecular weight excluding hydrogens is 801 g/mol. The molecule has 0 aliphatic heterocycles. The van der Waals surface area contributed by atoms with E-state index in [0.717, 1.165) is 51.4 Å². The quantitative estimate of drug-likeness (QED) is 0.0207. The molecule has 9 N–H and O–H groups in total. The average Bonchev–Trinajstić information content (AvgIpc) is 3.23. The molecule has 1 aliphatic rings. The van der Waals surface area contributed by atoms with E-state index < -0.39 is 75.2 Å². The lowest BCUT2D eigenvalue weighted by molar-refractivity contribution is -0.220. The number of amides is 1. The number of nitrogens with one attached hydrogen (secondary N) is 1. The normalized spacial score (nSPS) is 23.1. The van der Waals surface area contributed by atoms with Crippen LogP contribution in [0.25, 0.3) is 0 Å². The fraction of sp³-hybridized carbons (Fsp3) is 0.979. The van der Waals surface area contributed by atoms with Crippen molar-refractivity contribution in [2.24, 2.45) is 0 Å². The number of phosphoric acid groups is 1. The van der Waals surface area contributed by atoms with Crippen molar-refractivity contribution in [1.82, 2.24) is 5.32 Å². The number of carbonyl (C=O) groups is 1. The topological polar surface area (TPSA) is 226 Å². The molecule has 0 spiro atoms. The predicted molar refractivity (Wildman–Crippen MR) is 243 cm³/mol. The molecule has 0 saturated heterocycles. The summed E-state index contributed by atoms with van der Waals surface area (Å²) in [6.45, 7) is 3.79. The maximum atomic E-state index is 13.0. The van der Waals surface area contributed by atoms with E-state index in [-0.39, 0.29) is 12.8 Å². The van der Waals surface area contributed by atoms with Gasteiger partial charge in [0.1, 0.15) is 36.6 Å². The highest BCUT2D eigenvalue weighted by atomic mass is 31.2. The van der Waals surface area contributed by atoms with Crippen LogP contribution in [0, 0.1) is 0 Å². The molecule has 1 aliphatic carbocycles. The summed E-state index contributed by atoms with van der Waals surface area (Å²) in [7, 11) is -5.11. The standard InChI is InChI=1S/C47H94NO12P/c1-3-5-7-9-11-13-15-16-17-18-19-20-21-22-23-25-26-28-30-32-34-38(49)36-41(51)48-39(40(50)35-33-31-29-27-24-14-12-10-8-6-4-2)37-59-61(57,58)60-47-45(55)43(53)42(52)44(54)46(47)56/h38-40,42-47,49-50,52-56H,3-37H2,1-2H3,(H,48,51)(H,57,58). The van der Waals surface area contributed by atoms with Crippen LogP contribution in [0.15, 0.2) is 0 Å². The number of aliphatic hydroxyl groups is 7. The molecule has 1 fully saturated rings. The first-order valence-corrected chi connectivity index (χ1v) is 26.6. The number of carbonyl (C=O) groups excluding carboxylic acids is 1. The fourth-order valence-corrected chi connectivity index (χ4v) is 9.33. The van der Waals surface area contributed by atoms with Crippen LogP contribution < -0.4 is 5.32 Å². The van der Waals surface area contributed by atoms with Crippen LogP contribution in [-0.4, -0.2) is 108 Å². The van der Waals surface area contributed by atoms with E-state index in [9.17, 15) is 50.0 Å². The molecule has 1 saturated carbocycles. The van der Waals surface area contributed by atoms with E-state index in [1.54, 1.807) is 0 Å². The third-order valence-electron chi connectivity index (χ3n) is 12.5. The van der Waals surface area contributed by atoms with Crippen molar-refractivity contribution >= 4 is 13.7 Å². The third kappa shape index (κ3) is 29.5. The van der Waals surface area contributed by atoms with Crippen LogP contribution >= 0.6 is 7.82 Å². The molecule has 13 nitrogen and oxygen atoms in total. The zero-order valence-corrected chi connectivity index (χ0v) is 39.5. The number of rotatable bonds is 42. The summed E-state index contributed by atoms with van der Waals surface area (Å²) in [5.41, 5.74) is 0. The van der Waals surface area contributed by atoms with Gasteiger partial charge in [0.15, 0.2) is 0 Å². The number of aliphatic hydroxyl groups excluding tert-OH is 7. The summed E-state index contributed by atoms with van der Waals surface area (Å²) in [6, 6.07) is -1.15. The van der Waals surface area contributed by atoms with Crippen molar-refractivity contribution in [3.05, 3.63) is 0 Å². The van der Waals surface area contributed by atoms with Crippen molar-refractivity contribution in [2.75, 3.05) is 6.61 Å². The van der Waals surface area contributed by atoms with Crippen molar-refractivity contribution < 1.29 is 59.0 Å². The molecule has 0 radical (unpaired) electrons. The van der Waals surface area contributed by atoms with Crippen LogP contribution in [0.3, 0.4) is 0 Å². The van der Waals surface area contributed by atoms with Crippen LogP contribution in [0.2, 0.25) is 0 Å². The second-order valence-electron chi connectivity index (χ2n) is 18.2. The van der Waals surface area contributed by atoms with Gasteiger partial charge in [0.25, 0.3) is 0 Å². The van der Waals surface area contributed by atoms with Crippen molar-refractivity contribution in [1.29, 1.82) is 0 Å². The largest absolute Gasteiger partial charge is 0.472 e. The number of unbranched alkanes of at least 4 members (excludes halogenated alkanes) is 29. The SMILES string of the molecule is CCCCCCCCCCCCCCCCCCCCCCC(O)CC(=O)NC(COP(=O)(O)OC1C(O)C(O)C(O)C(O)C1O)C(O)CCCCCCCCCCCCC. The minimum absolute atomic E-state index is 0.216. The van der Waals surface area contributed by atoms with E-state index in [1.807, 2.05) is 0 Å². The monoisotopic (exact) mass is 896 g/mol. The molecule has 8 unspecified atom stereocenters. The van der Waals surface area contributed by atoms with Gasteiger partial charge in [-0.15, -0.1) is 0 Å². The molecule has 364 valence electrons. The molecule has 1 rings (SSSR count). The summed E-state index contributed by atoms with van der Waals surface area (Å²) in [4.78, 5) is 23.5. The number of phosphoric ester groups is 1. The fourth-order valence-electron chi connectivity index (χ4n) is 8.36. The second-order valence-corrected chi connectivity index (χ2v) is 19.6. The average molecular weight is 896 g/mol. The number of hydrogen-bond donors (Lipinski definition) is 9. The van der Waals surface area contributed by atoms with E-state index in [2.05, 4.69) is 19.2 Å². The van der Waals surface area contributed by atoms with E-state index in [1.165, 1.54) is 141 Å². The highest BCUT2D eigenvalue weighted by molar-refractivity contribution is 7.47. The Labute approximate surface area is 370 Å². The highest BCUT2D eigenvalue weighted by Gasteiger charge is 2.51. The summed E-state index contributed by atoms with van der Waals surface area (Å²) >= 11 is 0. The molecule has 1 amide bonds. The van der Waals surface area contributed by atoms with Crippen molar-refractivity contribution in [3.63, 3.8) is 0 Å². The lowest BCUT2D eigenvalue weighted by atomic mass is 9.85. The Morgan fingerprint density at radius 1 is 0.508 bits per heavy atom. The molecule has 14 heteroatoms. The van der Waals surface area contributed by atoms with Crippen LogP contribution in [0.5, 0.6) is 0 Å². The maximum Gasteiger partial charge on any atom is 0.472 e. The summed E-state index contributed by atoms with van der Waals surface area (Å²) in [5.74, 6) is -0.556. The van der Waals surface area contributed by atoms with Gasteiger partial charge in [-0.05, 0) is 12.8 Å². The zero-order chi connectivity index (χ0) is 45.1. The van der Waals surface area contributed by atoms with E-state index in [4.69, 9.17) is 9.05 Å². The summed E-state index contributed by atoms with van der Waals surface area (Å²) < 4.78 is 22.9. The minimum Gasteiger partial charge on any atom is -0.393 e. The smallest absolute Gasteiger partial charge is 0.393 e. The van der Waals surface area contributed by atoms with Crippen molar-refractivity contribution in [3.8, 4) is 0 Å². The Hall–Kier alpha value is -0.700. The molecule has 0 aromatic rings. The van der Waals surface area contributed by atoms with Gasteiger partial charge < -0.3 is 46.0 Å². The van der Waals surface area contributed by atoms with Gasteiger partial charge in [-0.1, -0.05) is 213 Å². The predicted octanol–water partition coefficient (Wildman–Crippen LogP) is 8.82. The van der Waals surface area contributed by atoms with Crippen LogP contribution in [0.1, 0.15) is 232 Å². The van der Waals surface area contributed by atoms with Gasteiger partial charge in [0, 0.05) is 0 Å². The van der Waals surface area contributed by atoms with Gasteiger partial charge >= 0.3 is 7.82 Å². The lowest BCUT2D eigenvalue weighted by Gasteiger charge is -2.41. The van der Waals surface area contributed by atoms with Gasteiger partial charge in [0.2, 0.25) is 5.91 Å². The van der Waals surface area contributed by atoms with Gasteiger partial charge in [-0.2, -0.15) is 0 Å². The van der Waals surface area contributed by atoms with Crippen LogP contribution in [0.4, 0.5) is 0 Å². The Kier molecular flexibility index (Phi) is 35.9. The Morgan fingerprint density at radius 3 is 1.18 bits per heavy atom. The van der Waals surface area contributed by atoms with Crippen molar-refractivity contribution in [2.45, 2.75) is 287 Å². The summed E-state index contributed by atoms with van der Waals surface area (Å²) in [5, 5.41) is 74.6. The first kappa shape index (κ1) is 58.3. The van der Waals surface area contributed by atoms with Gasteiger partial charge in [-0.25, -0.2) is 4.57 Å². The molecule has 0 bridgehead atoms. The van der Waals surface area contributed by atoms with E-state index in [0.29, 0.717) is 12.8 Å². The van der Waals surface area contributed by atoms with Gasteiger partial charge in [-0.3, -0.25) is 13.8 Å². The maximum absolute atomic E-state index is 13.0.